The first-order chi connectivity index (χ1) is 8.70. The van der Waals surface area contributed by atoms with Gasteiger partial charge in [-0.05, 0) is 32.9 Å². The first-order valence-electron chi connectivity index (χ1n) is 7.46. The molecule has 0 aromatic rings. The van der Waals surface area contributed by atoms with E-state index in [0.717, 1.165) is 39.1 Å². The Morgan fingerprint density at radius 3 is 2.78 bits per heavy atom. The number of hydrogen-bond donors (Lipinski definition) is 1. The number of hydrogen-bond acceptors (Lipinski definition) is 3. The summed E-state index contributed by atoms with van der Waals surface area (Å²) >= 11 is 0. The van der Waals surface area contributed by atoms with E-state index in [0.29, 0.717) is 24.4 Å². The quantitative estimate of drug-likeness (QED) is 0.817. The molecule has 2 heterocycles. The molecule has 2 atom stereocenters. The zero-order valence-electron chi connectivity index (χ0n) is 11.8. The van der Waals surface area contributed by atoms with Crippen LogP contribution in [0.15, 0.2) is 0 Å². The summed E-state index contributed by atoms with van der Waals surface area (Å²) in [6.07, 6.45) is 4.39. The summed E-state index contributed by atoms with van der Waals surface area (Å²) in [6, 6.07) is 0.928. The van der Waals surface area contributed by atoms with Crippen molar-refractivity contribution in [2.24, 2.45) is 0 Å². The van der Waals surface area contributed by atoms with Crippen molar-refractivity contribution < 1.29 is 4.79 Å². The van der Waals surface area contributed by atoms with Gasteiger partial charge in [0.15, 0.2) is 0 Å². The second-order valence-electron chi connectivity index (χ2n) is 5.67. The molecule has 1 N–H and O–H groups in total. The number of carbonyl (C=O) groups is 1. The molecule has 2 saturated heterocycles. The minimum atomic E-state index is 0.344. The third-order valence-electron chi connectivity index (χ3n) is 4.36. The number of piperidine rings is 1. The van der Waals surface area contributed by atoms with Gasteiger partial charge in [-0.15, -0.1) is 0 Å². The van der Waals surface area contributed by atoms with Crippen molar-refractivity contribution in [3.05, 3.63) is 0 Å². The average molecular weight is 253 g/mol. The summed E-state index contributed by atoms with van der Waals surface area (Å²) in [5.74, 6) is 0.344. The maximum Gasteiger partial charge on any atom is 0.224 e. The van der Waals surface area contributed by atoms with E-state index in [1.807, 2.05) is 0 Å². The minimum Gasteiger partial charge on any atom is -0.340 e. The first-order valence-corrected chi connectivity index (χ1v) is 7.46. The lowest BCUT2D eigenvalue weighted by Crippen LogP contribution is -2.54. The highest BCUT2D eigenvalue weighted by Crippen LogP contribution is 2.14. The lowest BCUT2D eigenvalue weighted by Gasteiger charge is -2.40. The molecule has 0 radical (unpaired) electrons. The number of nitrogens with zero attached hydrogens (tertiary/aromatic N) is 2. The van der Waals surface area contributed by atoms with E-state index in [1.165, 1.54) is 12.8 Å². The van der Waals surface area contributed by atoms with Gasteiger partial charge in [0.2, 0.25) is 5.91 Å². The van der Waals surface area contributed by atoms with Crippen LogP contribution < -0.4 is 5.32 Å². The molecule has 0 bridgehead atoms. The first kappa shape index (κ1) is 13.8. The summed E-state index contributed by atoms with van der Waals surface area (Å²) in [7, 11) is 0. The van der Waals surface area contributed by atoms with Crippen LogP contribution in [0.25, 0.3) is 0 Å². The molecule has 1 amide bonds. The van der Waals surface area contributed by atoms with Gasteiger partial charge >= 0.3 is 0 Å². The van der Waals surface area contributed by atoms with Crippen molar-refractivity contribution in [3.8, 4) is 0 Å². The van der Waals surface area contributed by atoms with E-state index in [-0.39, 0.29) is 0 Å². The van der Waals surface area contributed by atoms with Crippen molar-refractivity contribution in [3.63, 3.8) is 0 Å². The molecule has 2 unspecified atom stereocenters. The molecule has 0 aromatic heterocycles. The second kappa shape index (κ2) is 6.53. The van der Waals surface area contributed by atoms with Crippen molar-refractivity contribution >= 4 is 5.91 Å². The van der Waals surface area contributed by atoms with Gasteiger partial charge in [0.05, 0.1) is 0 Å². The summed E-state index contributed by atoms with van der Waals surface area (Å²) in [4.78, 5) is 16.8. The third-order valence-corrected chi connectivity index (χ3v) is 4.36. The fourth-order valence-corrected chi connectivity index (χ4v) is 3.13. The van der Waals surface area contributed by atoms with Crippen molar-refractivity contribution in [1.82, 2.24) is 15.1 Å². The predicted molar refractivity (Wildman–Crippen MR) is 73.5 cm³/mol. The molecule has 0 saturated carbocycles. The highest BCUT2D eigenvalue weighted by atomic mass is 16.2. The Morgan fingerprint density at radius 1 is 1.33 bits per heavy atom. The smallest absolute Gasteiger partial charge is 0.224 e. The molecule has 0 aromatic carbocycles. The van der Waals surface area contributed by atoms with Crippen LogP contribution in [0.4, 0.5) is 0 Å². The molecule has 4 nitrogen and oxygen atoms in total. The molecule has 2 rings (SSSR count). The van der Waals surface area contributed by atoms with Gasteiger partial charge in [-0.1, -0.05) is 13.3 Å². The summed E-state index contributed by atoms with van der Waals surface area (Å²) < 4.78 is 0. The SMILES string of the molecule is CCN1CCN(C(=O)CC2CCCCN2)CC1C. The van der Waals surface area contributed by atoms with Gasteiger partial charge in [0, 0.05) is 38.1 Å². The zero-order chi connectivity index (χ0) is 13.0. The van der Waals surface area contributed by atoms with Crippen LogP contribution in [0.1, 0.15) is 39.5 Å². The number of amides is 1. The Bertz CT molecular complexity index is 276. The third kappa shape index (κ3) is 3.45. The van der Waals surface area contributed by atoms with Crippen molar-refractivity contribution in [2.45, 2.75) is 51.6 Å². The largest absolute Gasteiger partial charge is 0.340 e. The zero-order valence-corrected chi connectivity index (χ0v) is 11.8. The number of nitrogens with one attached hydrogen (secondary N) is 1. The monoisotopic (exact) mass is 253 g/mol. The van der Waals surface area contributed by atoms with Crippen LogP contribution in [0, 0.1) is 0 Å². The van der Waals surface area contributed by atoms with Gasteiger partial charge in [0.1, 0.15) is 0 Å². The number of likely N-dealkylation sites (N-methyl/N-ethyl adjacent to an activating group) is 1. The van der Waals surface area contributed by atoms with Crippen molar-refractivity contribution in [2.75, 3.05) is 32.7 Å². The minimum absolute atomic E-state index is 0.344. The lowest BCUT2D eigenvalue weighted by atomic mass is 10.0. The van der Waals surface area contributed by atoms with Gasteiger partial charge in [-0.25, -0.2) is 0 Å². The van der Waals surface area contributed by atoms with Crippen LogP contribution in [-0.2, 0) is 4.79 Å². The number of piperazine rings is 1. The Hall–Kier alpha value is -0.610. The van der Waals surface area contributed by atoms with Gasteiger partial charge in [-0.3, -0.25) is 9.69 Å². The van der Waals surface area contributed by atoms with E-state index in [9.17, 15) is 4.79 Å². The van der Waals surface area contributed by atoms with Crippen LogP contribution in [-0.4, -0.2) is 60.5 Å². The standard InChI is InChI=1S/C14H27N3O/c1-3-16-8-9-17(11-12(16)2)14(18)10-13-6-4-5-7-15-13/h12-13,15H,3-11H2,1-2H3. The normalized spacial score (nSPS) is 30.4. The fourth-order valence-electron chi connectivity index (χ4n) is 3.13. The van der Waals surface area contributed by atoms with Gasteiger partial charge in [0.25, 0.3) is 0 Å². The maximum absolute atomic E-state index is 12.3. The average Bonchev–Trinajstić information content (AvgIpc) is 2.39. The molecular weight excluding hydrogens is 226 g/mol. The molecule has 2 fully saturated rings. The Morgan fingerprint density at radius 2 is 2.17 bits per heavy atom. The van der Waals surface area contributed by atoms with Crippen LogP contribution >= 0.6 is 0 Å². The molecular formula is C14H27N3O. The molecule has 18 heavy (non-hydrogen) atoms. The van der Waals surface area contributed by atoms with E-state index in [4.69, 9.17) is 0 Å². The second-order valence-corrected chi connectivity index (χ2v) is 5.67. The van der Waals surface area contributed by atoms with E-state index >= 15 is 0 Å². The topological polar surface area (TPSA) is 35.6 Å². The van der Waals surface area contributed by atoms with E-state index in [2.05, 4.69) is 29.0 Å². The highest BCUT2D eigenvalue weighted by molar-refractivity contribution is 5.77. The summed E-state index contributed by atoms with van der Waals surface area (Å²) in [5, 5.41) is 3.46. The molecule has 4 heteroatoms. The molecule has 0 aliphatic carbocycles. The maximum atomic E-state index is 12.3. The van der Waals surface area contributed by atoms with Crippen LogP contribution in [0.5, 0.6) is 0 Å². The Balaban J connectivity index is 1.79. The molecule has 104 valence electrons. The lowest BCUT2D eigenvalue weighted by molar-refractivity contribution is -0.134. The van der Waals surface area contributed by atoms with Crippen LogP contribution in [0.3, 0.4) is 0 Å². The predicted octanol–water partition coefficient (Wildman–Crippen LogP) is 1.07. The number of carbonyl (C=O) groups excluding carboxylic acids is 1. The molecule has 0 spiro atoms. The van der Waals surface area contributed by atoms with E-state index in [1.54, 1.807) is 0 Å². The Kier molecular flexibility index (Phi) is 5.01. The highest BCUT2D eigenvalue weighted by Gasteiger charge is 2.27. The summed E-state index contributed by atoms with van der Waals surface area (Å²) in [5.41, 5.74) is 0. The molecule has 2 aliphatic heterocycles. The molecule has 2 aliphatic rings. The van der Waals surface area contributed by atoms with Crippen LogP contribution in [0.2, 0.25) is 0 Å². The Labute approximate surface area is 111 Å². The van der Waals surface area contributed by atoms with Crippen molar-refractivity contribution in [1.29, 1.82) is 0 Å². The van der Waals surface area contributed by atoms with Gasteiger partial charge in [-0.2, -0.15) is 0 Å². The number of rotatable bonds is 3. The fraction of sp³-hybridized carbons (Fsp3) is 0.929. The van der Waals surface area contributed by atoms with E-state index < -0.39 is 0 Å². The van der Waals surface area contributed by atoms with Gasteiger partial charge < -0.3 is 10.2 Å². The summed E-state index contributed by atoms with van der Waals surface area (Å²) in [6.45, 7) is 9.43.